The van der Waals surface area contributed by atoms with Gasteiger partial charge in [-0.05, 0) is 36.8 Å². The fourth-order valence-electron chi connectivity index (χ4n) is 2.50. The first-order valence-electron chi connectivity index (χ1n) is 7.27. The molecule has 0 aromatic heterocycles. The van der Waals surface area contributed by atoms with Gasteiger partial charge >= 0.3 is 6.03 Å². The zero-order valence-corrected chi connectivity index (χ0v) is 12.4. The van der Waals surface area contributed by atoms with Crippen molar-refractivity contribution in [1.29, 1.82) is 0 Å². The maximum Gasteiger partial charge on any atom is 0.315 e. The van der Waals surface area contributed by atoms with Gasteiger partial charge in [-0.25, -0.2) is 4.79 Å². The van der Waals surface area contributed by atoms with E-state index >= 15 is 0 Å². The molecule has 110 valence electrons. The molecule has 2 unspecified atom stereocenters. The molecule has 4 nitrogen and oxygen atoms in total. The molecule has 3 N–H and O–H groups in total. The lowest BCUT2D eigenvalue weighted by atomic mass is 9.96. The minimum atomic E-state index is -0.936. The molecule has 0 saturated carbocycles. The molecule has 0 aliphatic heterocycles. The molecule has 2 amide bonds. The van der Waals surface area contributed by atoms with E-state index in [0.29, 0.717) is 12.3 Å². The Morgan fingerprint density at radius 2 is 2.05 bits per heavy atom. The average molecular weight is 276 g/mol. The van der Waals surface area contributed by atoms with Crippen LogP contribution in [0.25, 0.3) is 0 Å². The molecule has 2 atom stereocenters. The van der Waals surface area contributed by atoms with Gasteiger partial charge in [0.2, 0.25) is 0 Å². The summed E-state index contributed by atoms with van der Waals surface area (Å²) in [6.07, 6.45) is 1.52. The van der Waals surface area contributed by atoms with Crippen LogP contribution < -0.4 is 10.6 Å². The first kappa shape index (κ1) is 14.9. The van der Waals surface area contributed by atoms with Gasteiger partial charge in [-0.15, -0.1) is 0 Å². The number of hydrogen-bond donors (Lipinski definition) is 3. The monoisotopic (exact) mass is 276 g/mol. The minimum Gasteiger partial charge on any atom is -0.383 e. The Labute approximate surface area is 120 Å². The average Bonchev–Trinajstić information content (AvgIpc) is 2.75. The number of carbonyl (C=O) groups excluding carboxylic acids is 1. The molecule has 1 aliphatic rings. The highest BCUT2D eigenvalue weighted by Crippen LogP contribution is 2.36. The van der Waals surface area contributed by atoms with E-state index in [9.17, 15) is 9.90 Å². The largest absolute Gasteiger partial charge is 0.383 e. The lowest BCUT2D eigenvalue weighted by molar-refractivity contribution is 0.0411. The molecule has 1 aromatic rings. The number of aryl methyl sites for hydroxylation is 1. The van der Waals surface area contributed by atoms with Crippen molar-refractivity contribution in [3.63, 3.8) is 0 Å². The predicted molar refractivity (Wildman–Crippen MR) is 79.5 cm³/mol. The maximum atomic E-state index is 11.8. The third kappa shape index (κ3) is 3.12. The summed E-state index contributed by atoms with van der Waals surface area (Å²) in [7, 11) is 0. The van der Waals surface area contributed by atoms with Crippen LogP contribution >= 0.6 is 0 Å². The summed E-state index contributed by atoms with van der Waals surface area (Å²) in [5.41, 5.74) is 1.18. The number of nitrogens with one attached hydrogen (secondary N) is 2. The highest BCUT2D eigenvalue weighted by atomic mass is 16.3. The second-order valence-electron chi connectivity index (χ2n) is 6.05. The highest BCUT2D eigenvalue weighted by molar-refractivity contribution is 5.74. The first-order valence-corrected chi connectivity index (χ1v) is 7.27. The standard InChI is InChI=1S/C16H24N2O2/c1-11(2)12(3)18-15(19)17-10-16(20)9-8-13-6-4-5-7-14(13)16/h4-7,11-12,20H,8-10H2,1-3H3,(H2,17,18,19). The zero-order chi connectivity index (χ0) is 14.8. The number of urea groups is 1. The summed E-state index contributed by atoms with van der Waals surface area (Å²) >= 11 is 0. The molecular formula is C16H24N2O2. The summed E-state index contributed by atoms with van der Waals surface area (Å²) in [6.45, 7) is 6.35. The van der Waals surface area contributed by atoms with Crippen LogP contribution in [-0.2, 0) is 12.0 Å². The zero-order valence-electron chi connectivity index (χ0n) is 12.4. The third-order valence-electron chi connectivity index (χ3n) is 4.23. The Kier molecular flexibility index (Phi) is 4.33. The van der Waals surface area contributed by atoms with Crippen LogP contribution in [0, 0.1) is 5.92 Å². The van der Waals surface area contributed by atoms with Crippen LogP contribution in [0.2, 0.25) is 0 Å². The number of aliphatic hydroxyl groups is 1. The summed E-state index contributed by atoms with van der Waals surface area (Å²) < 4.78 is 0. The van der Waals surface area contributed by atoms with Gasteiger partial charge in [0.15, 0.2) is 0 Å². The van der Waals surface area contributed by atoms with Gasteiger partial charge < -0.3 is 15.7 Å². The van der Waals surface area contributed by atoms with Crippen molar-refractivity contribution in [2.45, 2.75) is 45.3 Å². The Bertz CT molecular complexity index is 487. The fourth-order valence-corrected chi connectivity index (χ4v) is 2.50. The molecular weight excluding hydrogens is 252 g/mol. The van der Waals surface area contributed by atoms with Gasteiger partial charge in [-0.3, -0.25) is 0 Å². The van der Waals surface area contributed by atoms with E-state index in [0.717, 1.165) is 12.0 Å². The Balaban J connectivity index is 1.93. The van der Waals surface area contributed by atoms with Gasteiger partial charge in [0, 0.05) is 6.04 Å². The quantitative estimate of drug-likeness (QED) is 0.789. The maximum absolute atomic E-state index is 11.8. The number of benzene rings is 1. The van der Waals surface area contributed by atoms with Gasteiger partial charge in [0.25, 0.3) is 0 Å². The van der Waals surface area contributed by atoms with E-state index < -0.39 is 5.60 Å². The lowest BCUT2D eigenvalue weighted by Gasteiger charge is -2.25. The topological polar surface area (TPSA) is 61.4 Å². The number of amides is 2. The molecule has 0 bridgehead atoms. The molecule has 4 heteroatoms. The third-order valence-corrected chi connectivity index (χ3v) is 4.23. The van der Waals surface area contributed by atoms with Crippen molar-refractivity contribution in [3.8, 4) is 0 Å². The minimum absolute atomic E-state index is 0.112. The van der Waals surface area contributed by atoms with E-state index in [-0.39, 0.29) is 18.6 Å². The summed E-state index contributed by atoms with van der Waals surface area (Å²) in [5, 5.41) is 16.4. The molecule has 1 aromatic carbocycles. The Morgan fingerprint density at radius 1 is 1.35 bits per heavy atom. The molecule has 20 heavy (non-hydrogen) atoms. The van der Waals surface area contributed by atoms with Crippen molar-refractivity contribution >= 4 is 6.03 Å². The van der Waals surface area contributed by atoms with Gasteiger partial charge in [-0.1, -0.05) is 38.1 Å². The Hall–Kier alpha value is -1.55. The van der Waals surface area contributed by atoms with Crippen LogP contribution in [0.3, 0.4) is 0 Å². The normalized spacial score (nSPS) is 22.4. The van der Waals surface area contributed by atoms with Crippen LogP contribution in [0.15, 0.2) is 24.3 Å². The van der Waals surface area contributed by atoms with Crippen molar-refractivity contribution in [1.82, 2.24) is 10.6 Å². The molecule has 0 fully saturated rings. The number of fused-ring (bicyclic) bond motifs is 1. The smallest absolute Gasteiger partial charge is 0.315 e. The van der Waals surface area contributed by atoms with Crippen molar-refractivity contribution in [2.24, 2.45) is 5.92 Å². The van der Waals surface area contributed by atoms with Gasteiger partial charge in [0.1, 0.15) is 5.60 Å². The molecule has 0 radical (unpaired) electrons. The van der Waals surface area contributed by atoms with Crippen molar-refractivity contribution in [3.05, 3.63) is 35.4 Å². The Morgan fingerprint density at radius 3 is 2.75 bits per heavy atom. The fraction of sp³-hybridized carbons (Fsp3) is 0.562. The number of hydrogen-bond acceptors (Lipinski definition) is 2. The van der Waals surface area contributed by atoms with Crippen LogP contribution in [0.4, 0.5) is 4.79 Å². The summed E-state index contributed by atoms with van der Waals surface area (Å²) in [5.74, 6) is 0.385. The molecule has 0 spiro atoms. The van der Waals surface area contributed by atoms with Crippen LogP contribution in [0.5, 0.6) is 0 Å². The molecule has 1 aliphatic carbocycles. The number of carbonyl (C=O) groups is 1. The second-order valence-corrected chi connectivity index (χ2v) is 6.05. The van der Waals surface area contributed by atoms with E-state index in [1.165, 1.54) is 5.56 Å². The molecule has 0 heterocycles. The molecule has 2 rings (SSSR count). The van der Waals surface area contributed by atoms with E-state index in [1.807, 2.05) is 31.2 Å². The van der Waals surface area contributed by atoms with Crippen LogP contribution in [0.1, 0.15) is 38.3 Å². The van der Waals surface area contributed by atoms with Crippen molar-refractivity contribution < 1.29 is 9.90 Å². The van der Waals surface area contributed by atoms with Gasteiger partial charge in [-0.2, -0.15) is 0 Å². The van der Waals surface area contributed by atoms with E-state index in [1.54, 1.807) is 0 Å². The van der Waals surface area contributed by atoms with Gasteiger partial charge in [0.05, 0.1) is 6.54 Å². The van der Waals surface area contributed by atoms with E-state index in [4.69, 9.17) is 0 Å². The summed E-state index contributed by atoms with van der Waals surface area (Å²) in [4.78, 5) is 11.8. The van der Waals surface area contributed by atoms with E-state index in [2.05, 4.69) is 24.5 Å². The van der Waals surface area contributed by atoms with Crippen LogP contribution in [-0.4, -0.2) is 23.7 Å². The molecule has 0 saturated heterocycles. The number of rotatable bonds is 4. The van der Waals surface area contributed by atoms with Crippen molar-refractivity contribution in [2.75, 3.05) is 6.54 Å². The lowest BCUT2D eigenvalue weighted by Crippen LogP contribution is -2.47. The second kappa shape index (κ2) is 5.83. The highest BCUT2D eigenvalue weighted by Gasteiger charge is 2.36. The first-order chi connectivity index (χ1) is 9.42. The predicted octanol–water partition coefficient (Wildman–Crippen LogP) is 2.16. The summed E-state index contributed by atoms with van der Waals surface area (Å²) in [6, 6.07) is 7.78. The SMILES string of the molecule is CC(C)C(C)NC(=O)NCC1(O)CCc2ccccc21.